The number of nitrogens with zero attached hydrogens (tertiary/aromatic N) is 1. The van der Waals surface area contributed by atoms with Gasteiger partial charge < -0.3 is 9.64 Å². The number of hydrogen-bond donors (Lipinski definition) is 1. The molecule has 0 fully saturated rings. The number of benzene rings is 1. The number of thiol groups is 1. The summed E-state index contributed by atoms with van der Waals surface area (Å²) in [6, 6.07) is 5.55. The Balaban J connectivity index is 2.03. The van der Waals surface area contributed by atoms with Gasteiger partial charge in [-0.05, 0) is 17.7 Å². The Kier molecular flexibility index (Phi) is 4.31. The predicted octanol–water partition coefficient (Wildman–Crippen LogP) is 2.18. The molecule has 1 aliphatic heterocycles. The molecule has 0 saturated carbocycles. The SMILES string of the molecule is O=C1Cc2ccc(Cl)cc2N1CCOCCS. The van der Waals surface area contributed by atoms with Crippen LogP contribution in [0.15, 0.2) is 18.2 Å². The number of carbonyl (C=O) groups excluding carboxylic acids is 1. The zero-order chi connectivity index (χ0) is 12.3. The van der Waals surface area contributed by atoms with Gasteiger partial charge in [-0.15, -0.1) is 0 Å². The second kappa shape index (κ2) is 5.76. The summed E-state index contributed by atoms with van der Waals surface area (Å²) in [5, 5.41) is 0.653. The lowest BCUT2D eigenvalue weighted by atomic mass is 10.2. The molecular weight excluding hydrogens is 258 g/mol. The summed E-state index contributed by atoms with van der Waals surface area (Å²) in [5.41, 5.74) is 1.95. The number of rotatable bonds is 5. The smallest absolute Gasteiger partial charge is 0.231 e. The van der Waals surface area contributed by atoms with Gasteiger partial charge in [0, 0.05) is 23.0 Å². The molecule has 0 atom stereocenters. The Labute approximate surface area is 111 Å². The molecule has 92 valence electrons. The highest BCUT2D eigenvalue weighted by Gasteiger charge is 2.26. The first-order chi connectivity index (χ1) is 8.22. The first-order valence-electron chi connectivity index (χ1n) is 5.50. The second-order valence-corrected chi connectivity index (χ2v) is 4.71. The van der Waals surface area contributed by atoms with E-state index in [2.05, 4.69) is 12.6 Å². The highest BCUT2D eigenvalue weighted by atomic mass is 35.5. The van der Waals surface area contributed by atoms with E-state index in [1.54, 1.807) is 4.90 Å². The van der Waals surface area contributed by atoms with Crippen molar-refractivity contribution in [3.05, 3.63) is 28.8 Å². The van der Waals surface area contributed by atoms with Gasteiger partial charge in [0.15, 0.2) is 0 Å². The third kappa shape index (κ3) is 2.94. The second-order valence-electron chi connectivity index (χ2n) is 3.83. The number of anilines is 1. The van der Waals surface area contributed by atoms with E-state index in [4.69, 9.17) is 16.3 Å². The molecule has 0 bridgehead atoms. The number of amides is 1. The molecule has 1 aliphatic rings. The van der Waals surface area contributed by atoms with Crippen LogP contribution in [0.1, 0.15) is 5.56 Å². The fraction of sp³-hybridized carbons (Fsp3) is 0.417. The molecule has 0 radical (unpaired) electrons. The van der Waals surface area contributed by atoms with Crippen molar-refractivity contribution in [1.29, 1.82) is 0 Å². The van der Waals surface area contributed by atoms with Gasteiger partial charge in [0.25, 0.3) is 0 Å². The minimum atomic E-state index is 0.108. The minimum absolute atomic E-state index is 0.108. The van der Waals surface area contributed by atoms with Crippen LogP contribution in [-0.2, 0) is 16.0 Å². The van der Waals surface area contributed by atoms with Crippen LogP contribution < -0.4 is 4.90 Å². The molecule has 1 aromatic carbocycles. The highest BCUT2D eigenvalue weighted by Crippen LogP contribution is 2.31. The first-order valence-corrected chi connectivity index (χ1v) is 6.51. The third-order valence-electron chi connectivity index (χ3n) is 2.68. The Hall–Kier alpha value is -0.710. The standard InChI is InChI=1S/C12H14ClNO2S/c13-10-2-1-9-7-12(15)14(11(9)8-10)3-4-16-5-6-17/h1-2,8,17H,3-7H2. The van der Waals surface area contributed by atoms with Gasteiger partial charge in [-0.3, -0.25) is 4.79 Å². The average Bonchev–Trinajstić information content (AvgIpc) is 2.61. The molecule has 0 aliphatic carbocycles. The summed E-state index contributed by atoms with van der Waals surface area (Å²) in [6.07, 6.45) is 0.457. The molecule has 0 N–H and O–H groups in total. The predicted molar refractivity (Wildman–Crippen MR) is 72.2 cm³/mol. The van der Waals surface area contributed by atoms with E-state index in [-0.39, 0.29) is 5.91 Å². The van der Waals surface area contributed by atoms with Gasteiger partial charge in [-0.25, -0.2) is 0 Å². The summed E-state index contributed by atoms with van der Waals surface area (Å²) >= 11 is 10.00. The number of halogens is 1. The lowest BCUT2D eigenvalue weighted by molar-refractivity contribution is -0.117. The van der Waals surface area contributed by atoms with E-state index in [1.807, 2.05) is 18.2 Å². The molecular formula is C12H14ClNO2S. The topological polar surface area (TPSA) is 29.5 Å². The maximum Gasteiger partial charge on any atom is 0.231 e. The normalized spacial score (nSPS) is 14.2. The van der Waals surface area contributed by atoms with E-state index < -0.39 is 0 Å². The van der Waals surface area contributed by atoms with Crippen molar-refractivity contribution in [2.45, 2.75) is 6.42 Å². The molecule has 1 aromatic rings. The lowest BCUT2D eigenvalue weighted by Gasteiger charge is -2.17. The van der Waals surface area contributed by atoms with Crippen molar-refractivity contribution in [3.63, 3.8) is 0 Å². The number of hydrogen-bond acceptors (Lipinski definition) is 3. The summed E-state index contributed by atoms with van der Waals surface area (Å²) in [7, 11) is 0. The molecule has 0 spiro atoms. The lowest BCUT2D eigenvalue weighted by Crippen LogP contribution is -2.30. The summed E-state index contributed by atoms with van der Waals surface area (Å²) < 4.78 is 5.34. The Morgan fingerprint density at radius 1 is 1.41 bits per heavy atom. The van der Waals surface area contributed by atoms with Crippen LogP contribution in [0.5, 0.6) is 0 Å². The summed E-state index contributed by atoms with van der Waals surface area (Å²) in [5.74, 6) is 0.799. The van der Waals surface area contributed by atoms with Crippen LogP contribution in [0.3, 0.4) is 0 Å². The summed E-state index contributed by atoms with van der Waals surface area (Å²) in [4.78, 5) is 13.6. The third-order valence-corrected chi connectivity index (χ3v) is 3.09. The monoisotopic (exact) mass is 271 g/mol. The fourth-order valence-electron chi connectivity index (χ4n) is 1.90. The van der Waals surface area contributed by atoms with Gasteiger partial charge in [0.05, 0.1) is 19.6 Å². The molecule has 0 unspecified atom stereocenters. The van der Waals surface area contributed by atoms with Crippen molar-refractivity contribution in [1.82, 2.24) is 0 Å². The zero-order valence-electron chi connectivity index (χ0n) is 9.36. The Morgan fingerprint density at radius 3 is 3.00 bits per heavy atom. The molecule has 1 heterocycles. The Bertz CT molecular complexity index is 425. The zero-order valence-corrected chi connectivity index (χ0v) is 11.0. The van der Waals surface area contributed by atoms with Crippen LogP contribution in [0, 0.1) is 0 Å². The van der Waals surface area contributed by atoms with Gasteiger partial charge in [0.1, 0.15) is 0 Å². The Morgan fingerprint density at radius 2 is 2.24 bits per heavy atom. The first kappa shape index (κ1) is 12.7. The van der Waals surface area contributed by atoms with Crippen molar-refractivity contribution in [2.24, 2.45) is 0 Å². The van der Waals surface area contributed by atoms with E-state index in [9.17, 15) is 4.79 Å². The number of carbonyl (C=O) groups is 1. The van der Waals surface area contributed by atoms with E-state index in [0.29, 0.717) is 37.0 Å². The number of fused-ring (bicyclic) bond motifs is 1. The molecule has 2 rings (SSSR count). The maximum absolute atomic E-state index is 11.8. The van der Waals surface area contributed by atoms with E-state index in [0.717, 1.165) is 11.3 Å². The van der Waals surface area contributed by atoms with Crippen molar-refractivity contribution in [3.8, 4) is 0 Å². The van der Waals surface area contributed by atoms with Gasteiger partial charge >= 0.3 is 0 Å². The van der Waals surface area contributed by atoms with E-state index in [1.165, 1.54) is 0 Å². The van der Waals surface area contributed by atoms with E-state index >= 15 is 0 Å². The molecule has 1 amide bonds. The maximum atomic E-state index is 11.8. The molecule has 3 nitrogen and oxygen atoms in total. The van der Waals surface area contributed by atoms with Crippen LogP contribution in [-0.4, -0.2) is 31.4 Å². The molecule has 17 heavy (non-hydrogen) atoms. The minimum Gasteiger partial charge on any atom is -0.379 e. The van der Waals surface area contributed by atoms with Crippen molar-refractivity contribution >= 4 is 35.8 Å². The van der Waals surface area contributed by atoms with Crippen molar-refractivity contribution < 1.29 is 9.53 Å². The fourth-order valence-corrected chi connectivity index (χ4v) is 2.19. The highest BCUT2D eigenvalue weighted by molar-refractivity contribution is 7.80. The van der Waals surface area contributed by atoms with Gasteiger partial charge in [0.2, 0.25) is 5.91 Å². The van der Waals surface area contributed by atoms with Gasteiger partial charge in [-0.1, -0.05) is 17.7 Å². The quantitative estimate of drug-likeness (QED) is 0.657. The van der Waals surface area contributed by atoms with Crippen LogP contribution in [0.25, 0.3) is 0 Å². The van der Waals surface area contributed by atoms with Crippen LogP contribution >= 0.6 is 24.2 Å². The summed E-state index contributed by atoms with van der Waals surface area (Å²) in [6.45, 7) is 1.70. The number of ether oxygens (including phenoxy) is 1. The van der Waals surface area contributed by atoms with Crippen molar-refractivity contribution in [2.75, 3.05) is 30.4 Å². The molecule has 0 saturated heterocycles. The van der Waals surface area contributed by atoms with Gasteiger partial charge in [-0.2, -0.15) is 12.6 Å². The largest absolute Gasteiger partial charge is 0.379 e. The average molecular weight is 272 g/mol. The van der Waals surface area contributed by atoms with Crippen LogP contribution in [0.4, 0.5) is 5.69 Å². The molecule has 5 heteroatoms. The molecule has 0 aromatic heterocycles. The van der Waals surface area contributed by atoms with Crippen LogP contribution in [0.2, 0.25) is 5.02 Å².